The number of benzene rings is 2. The molecule has 3 aromatic rings. The van der Waals surface area contributed by atoms with Gasteiger partial charge in [0.05, 0.1) is 16.3 Å². The van der Waals surface area contributed by atoms with E-state index in [4.69, 9.17) is 0 Å². The number of hydrogen-bond acceptors (Lipinski definition) is 5. The first-order chi connectivity index (χ1) is 15.6. The maximum atomic E-state index is 13.4. The Hall–Kier alpha value is -3.46. The topological polar surface area (TPSA) is 110 Å². The predicted molar refractivity (Wildman–Crippen MR) is 127 cm³/mol. The molecule has 2 N–H and O–H groups in total. The number of nitrogens with zero attached hydrogens (tertiary/aromatic N) is 2. The molecular weight excluding hydrogens is 440 g/mol. The Kier molecular flexibility index (Phi) is 5.84. The van der Waals surface area contributed by atoms with Gasteiger partial charge in [-0.2, -0.15) is 9.78 Å². The lowest BCUT2D eigenvalue weighted by atomic mass is 10.0. The van der Waals surface area contributed by atoms with Crippen molar-refractivity contribution in [2.75, 3.05) is 10.0 Å². The Morgan fingerprint density at radius 2 is 1.82 bits per heavy atom. The number of anilines is 2. The van der Waals surface area contributed by atoms with Crippen LogP contribution in [0.2, 0.25) is 0 Å². The van der Waals surface area contributed by atoms with Gasteiger partial charge in [0, 0.05) is 18.4 Å². The number of sulfonamides is 1. The van der Waals surface area contributed by atoms with E-state index in [0.717, 1.165) is 11.1 Å². The fourth-order valence-corrected chi connectivity index (χ4v) is 5.33. The molecule has 0 saturated carbocycles. The molecule has 2 heterocycles. The number of fused-ring (bicyclic) bond motifs is 1. The Bertz CT molecular complexity index is 1390. The summed E-state index contributed by atoms with van der Waals surface area (Å²) in [5.74, 6) is -0.266. The zero-order chi connectivity index (χ0) is 23.9. The number of aryl methyl sites for hydroxylation is 3. The van der Waals surface area contributed by atoms with Gasteiger partial charge in [-0.1, -0.05) is 31.2 Å². The SMILES string of the molecule is CCc1nn2c(c1-c1ccc(C)c(S(=O)(=O)Nc3cccc(C)c3C)c1)NC(=O)CCC2=O. The van der Waals surface area contributed by atoms with Gasteiger partial charge < -0.3 is 5.32 Å². The number of carbonyl (C=O) groups is 2. The minimum Gasteiger partial charge on any atom is -0.310 e. The first kappa shape index (κ1) is 22.7. The highest BCUT2D eigenvalue weighted by molar-refractivity contribution is 7.92. The third kappa shape index (κ3) is 4.16. The summed E-state index contributed by atoms with van der Waals surface area (Å²) in [6, 6.07) is 10.5. The van der Waals surface area contributed by atoms with Crippen molar-refractivity contribution < 1.29 is 18.0 Å². The van der Waals surface area contributed by atoms with Gasteiger partial charge in [0.2, 0.25) is 11.8 Å². The Morgan fingerprint density at radius 1 is 1.06 bits per heavy atom. The zero-order valence-electron chi connectivity index (χ0n) is 19.0. The molecule has 0 fully saturated rings. The average molecular weight is 467 g/mol. The summed E-state index contributed by atoms with van der Waals surface area (Å²) in [4.78, 5) is 24.8. The zero-order valence-corrected chi connectivity index (χ0v) is 19.8. The number of carbonyl (C=O) groups excluding carboxylic acids is 2. The lowest BCUT2D eigenvalue weighted by Gasteiger charge is -2.15. The molecular formula is C24H26N4O4S. The average Bonchev–Trinajstić information content (AvgIpc) is 3.07. The molecule has 1 aliphatic heterocycles. The summed E-state index contributed by atoms with van der Waals surface area (Å²) >= 11 is 0. The third-order valence-corrected chi connectivity index (χ3v) is 7.48. The standard InChI is InChI=1S/C24H26N4O4S/c1-5-18-23(24-25-21(29)11-12-22(30)28(24)26-18)17-10-9-15(3)20(13-17)33(31,32)27-19-8-6-7-14(2)16(19)4/h6-10,13,27H,5,11-12H2,1-4H3,(H,25,29). The molecule has 1 aliphatic rings. The molecule has 2 aromatic carbocycles. The van der Waals surface area contributed by atoms with Gasteiger partial charge in [0.15, 0.2) is 0 Å². The van der Waals surface area contributed by atoms with Crippen LogP contribution in [0, 0.1) is 20.8 Å². The lowest BCUT2D eigenvalue weighted by Crippen LogP contribution is -2.15. The van der Waals surface area contributed by atoms with Crippen LogP contribution in [0.25, 0.3) is 11.1 Å². The molecule has 0 atom stereocenters. The second kappa shape index (κ2) is 8.47. The summed E-state index contributed by atoms with van der Waals surface area (Å²) in [6.45, 7) is 7.41. The van der Waals surface area contributed by atoms with Gasteiger partial charge in [-0.3, -0.25) is 14.3 Å². The van der Waals surface area contributed by atoms with Crippen molar-refractivity contribution in [2.24, 2.45) is 0 Å². The van der Waals surface area contributed by atoms with Crippen LogP contribution in [0.4, 0.5) is 11.5 Å². The van der Waals surface area contributed by atoms with Gasteiger partial charge in [0.1, 0.15) is 5.82 Å². The summed E-state index contributed by atoms with van der Waals surface area (Å²) in [5, 5.41) is 7.19. The highest BCUT2D eigenvalue weighted by Crippen LogP contribution is 2.36. The maximum Gasteiger partial charge on any atom is 0.262 e. The smallest absolute Gasteiger partial charge is 0.262 e. The first-order valence-electron chi connectivity index (χ1n) is 10.8. The van der Waals surface area contributed by atoms with Crippen molar-refractivity contribution in [2.45, 2.75) is 51.9 Å². The van der Waals surface area contributed by atoms with Crippen LogP contribution in [0.15, 0.2) is 41.3 Å². The molecule has 172 valence electrons. The van der Waals surface area contributed by atoms with E-state index in [9.17, 15) is 18.0 Å². The van der Waals surface area contributed by atoms with Crippen molar-refractivity contribution in [3.8, 4) is 11.1 Å². The van der Waals surface area contributed by atoms with E-state index >= 15 is 0 Å². The largest absolute Gasteiger partial charge is 0.310 e. The Labute approximate surface area is 193 Å². The highest BCUT2D eigenvalue weighted by Gasteiger charge is 2.28. The first-order valence-corrected chi connectivity index (χ1v) is 12.3. The fraction of sp³-hybridized carbons (Fsp3) is 0.292. The summed E-state index contributed by atoms with van der Waals surface area (Å²) in [5.41, 5.74) is 4.66. The van der Waals surface area contributed by atoms with Crippen molar-refractivity contribution in [1.82, 2.24) is 9.78 Å². The minimum atomic E-state index is -3.90. The Morgan fingerprint density at radius 3 is 2.55 bits per heavy atom. The van der Waals surface area contributed by atoms with Crippen molar-refractivity contribution in [3.63, 3.8) is 0 Å². The van der Waals surface area contributed by atoms with E-state index in [1.807, 2.05) is 26.8 Å². The number of rotatable bonds is 5. The van der Waals surface area contributed by atoms with E-state index in [-0.39, 0.29) is 35.4 Å². The molecule has 0 radical (unpaired) electrons. The van der Waals surface area contributed by atoms with Crippen LogP contribution < -0.4 is 10.0 Å². The van der Waals surface area contributed by atoms with Gasteiger partial charge in [-0.15, -0.1) is 0 Å². The fourth-order valence-electron chi connectivity index (χ4n) is 3.94. The van der Waals surface area contributed by atoms with E-state index in [0.29, 0.717) is 34.5 Å². The van der Waals surface area contributed by atoms with Gasteiger partial charge in [-0.05, 0) is 61.6 Å². The van der Waals surface area contributed by atoms with Crippen LogP contribution in [0.1, 0.15) is 46.9 Å². The molecule has 1 aromatic heterocycles. The van der Waals surface area contributed by atoms with Crippen LogP contribution >= 0.6 is 0 Å². The summed E-state index contributed by atoms with van der Waals surface area (Å²) in [6.07, 6.45) is 0.655. The number of hydrogen-bond donors (Lipinski definition) is 2. The molecule has 0 aliphatic carbocycles. The van der Waals surface area contributed by atoms with Gasteiger partial charge in [0.25, 0.3) is 10.0 Å². The Balaban J connectivity index is 1.84. The summed E-state index contributed by atoms with van der Waals surface area (Å²) < 4.78 is 30.6. The van der Waals surface area contributed by atoms with E-state index in [1.54, 1.807) is 37.3 Å². The van der Waals surface area contributed by atoms with Crippen molar-refractivity contribution >= 4 is 33.3 Å². The molecule has 1 amide bonds. The van der Waals surface area contributed by atoms with Crippen molar-refractivity contribution in [3.05, 3.63) is 58.8 Å². The maximum absolute atomic E-state index is 13.4. The summed E-state index contributed by atoms with van der Waals surface area (Å²) in [7, 11) is -3.90. The van der Waals surface area contributed by atoms with E-state index in [2.05, 4.69) is 15.1 Å². The highest BCUT2D eigenvalue weighted by atomic mass is 32.2. The molecule has 0 unspecified atom stereocenters. The van der Waals surface area contributed by atoms with Crippen LogP contribution in [0.5, 0.6) is 0 Å². The molecule has 4 rings (SSSR count). The van der Waals surface area contributed by atoms with Crippen LogP contribution in [-0.4, -0.2) is 30.0 Å². The van der Waals surface area contributed by atoms with E-state index < -0.39 is 10.0 Å². The minimum absolute atomic E-state index is 0.0659. The molecule has 0 spiro atoms. The number of amides is 1. The van der Waals surface area contributed by atoms with Crippen molar-refractivity contribution in [1.29, 1.82) is 0 Å². The lowest BCUT2D eigenvalue weighted by molar-refractivity contribution is -0.116. The molecule has 33 heavy (non-hydrogen) atoms. The molecule has 8 nitrogen and oxygen atoms in total. The van der Waals surface area contributed by atoms with E-state index in [1.165, 1.54) is 4.68 Å². The normalized spacial score (nSPS) is 13.9. The second-order valence-electron chi connectivity index (χ2n) is 8.21. The molecule has 9 heteroatoms. The van der Waals surface area contributed by atoms with Crippen LogP contribution in [0.3, 0.4) is 0 Å². The second-order valence-corrected chi connectivity index (χ2v) is 9.86. The molecule has 0 saturated heterocycles. The molecule has 0 bridgehead atoms. The van der Waals surface area contributed by atoms with Gasteiger partial charge >= 0.3 is 0 Å². The number of aromatic nitrogens is 2. The number of nitrogens with one attached hydrogen (secondary N) is 2. The monoisotopic (exact) mass is 466 g/mol. The van der Waals surface area contributed by atoms with Crippen LogP contribution in [-0.2, 0) is 21.2 Å². The predicted octanol–water partition coefficient (Wildman–Crippen LogP) is 4.21. The third-order valence-electron chi connectivity index (χ3n) is 5.97. The quantitative estimate of drug-likeness (QED) is 0.585. The van der Waals surface area contributed by atoms with Gasteiger partial charge in [-0.25, -0.2) is 8.42 Å².